The fourth-order valence-electron chi connectivity index (χ4n) is 3.34. The highest BCUT2D eigenvalue weighted by atomic mass is 127. The number of ether oxygens (including phenoxy) is 1. The van der Waals surface area contributed by atoms with Crippen LogP contribution in [0.25, 0.3) is 0 Å². The smallest absolute Gasteiger partial charge is 0.216 e. The van der Waals surface area contributed by atoms with E-state index in [1.165, 1.54) is 10.4 Å². The van der Waals surface area contributed by atoms with Crippen LogP contribution in [0, 0.1) is 5.82 Å². The summed E-state index contributed by atoms with van der Waals surface area (Å²) in [5.74, 6) is 0.473. The SMILES string of the molecule is CN=C(NCC(C)(C)c1cccc(F)c1)N1CCN(S(=O)(=O)CCOC(C)C)CC1.I. The Kier molecular flexibility index (Phi) is 11.1. The van der Waals surface area contributed by atoms with Crippen molar-refractivity contribution in [2.75, 3.05) is 52.1 Å². The van der Waals surface area contributed by atoms with E-state index in [2.05, 4.69) is 15.2 Å². The minimum absolute atomic E-state index is 0. The van der Waals surface area contributed by atoms with Crippen molar-refractivity contribution in [1.82, 2.24) is 14.5 Å². The highest BCUT2D eigenvalue weighted by Gasteiger charge is 2.29. The zero-order chi connectivity index (χ0) is 22.4. The molecule has 0 spiro atoms. The van der Waals surface area contributed by atoms with Crippen molar-refractivity contribution in [3.05, 3.63) is 35.6 Å². The van der Waals surface area contributed by atoms with E-state index in [1.54, 1.807) is 19.2 Å². The van der Waals surface area contributed by atoms with Gasteiger partial charge < -0.3 is 15.0 Å². The van der Waals surface area contributed by atoms with Crippen molar-refractivity contribution in [3.8, 4) is 0 Å². The fraction of sp³-hybridized carbons (Fsp3) is 0.667. The summed E-state index contributed by atoms with van der Waals surface area (Å²) in [5, 5.41) is 3.36. The predicted molar refractivity (Wildman–Crippen MR) is 134 cm³/mol. The topological polar surface area (TPSA) is 74.2 Å². The van der Waals surface area contributed by atoms with Gasteiger partial charge in [-0.1, -0.05) is 26.0 Å². The van der Waals surface area contributed by atoms with E-state index in [9.17, 15) is 12.8 Å². The Morgan fingerprint density at radius 2 is 1.90 bits per heavy atom. The van der Waals surface area contributed by atoms with Crippen molar-refractivity contribution in [2.45, 2.75) is 39.2 Å². The molecule has 1 heterocycles. The maximum Gasteiger partial charge on any atom is 0.216 e. The van der Waals surface area contributed by atoms with Crippen molar-refractivity contribution >= 4 is 40.0 Å². The Labute approximate surface area is 203 Å². The molecular formula is C21H36FIN4O3S. The van der Waals surface area contributed by atoms with Crippen LogP contribution in [0.3, 0.4) is 0 Å². The standard InChI is InChI=1S/C21H35FN4O3S.HI/c1-17(2)29-13-14-30(27,28)26-11-9-25(10-12-26)20(23-5)24-16-21(3,4)18-7-6-8-19(22)15-18;/h6-8,15,17H,9-14,16H2,1-5H3,(H,23,24);1H. The molecule has 0 atom stereocenters. The number of aliphatic imine (C=N–C) groups is 1. The lowest BCUT2D eigenvalue weighted by molar-refractivity contribution is 0.0904. The molecule has 0 unspecified atom stereocenters. The number of rotatable bonds is 8. The molecule has 0 amide bonds. The maximum atomic E-state index is 13.6. The average Bonchev–Trinajstić information content (AvgIpc) is 2.68. The predicted octanol–water partition coefficient (Wildman–Crippen LogP) is 2.67. The van der Waals surface area contributed by atoms with Crippen LogP contribution in [-0.2, 0) is 20.2 Å². The summed E-state index contributed by atoms with van der Waals surface area (Å²) in [7, 11) is -1.61. The second kappa shape index (κ2) is 12.3. The highest BCUT2D eigenvalue weighted by molar-refractivity contribution is 14.0. The quantitative estimate of drug-likeness (QED) is 0.296. The monoisotopic (exact) mass is 570 g/mol. The molecule has 178 valence electrons. The van der Waals surface area contributed by atoms with Crippen molar-refractivity contribution in [3.63, 3.8) is 0 Å². The molecule has 7 nitrogen and oxygen atoms in total. The van der Waals surface area contributed by atoms with Crippen LogP contribution in [0.2, 0.25) is 0 Å². The molecule has 0 radical (unpaired) electrons. The molecule has 1 aromatic rings. The number of halogens is 2. The third-order valence-corrected chi connectivity index (χ3v) is 7.06. The summed E-state index contributed by atoms with van der Waals surface area (Å²) >= 11 is 0. The van der Waals surface area contributed by atoms with E-state index in [1.807, 2.05) is 33.8 Å². The number of nitrogens with zero attached hydrogens (tertiary/aromatic N) is 3. The van der Waals surface area contributed by atoms with Gasteiger partial charge in [0.15, 0.2) is 5.96 Å². The molecule has 31 heavy (non-hydrogen) atoms. The molecule has 1 N–H and O–H groups in total. The number of nitrogens with one attached hydrogen (secondary N) is 1. The van der Waals surface area contributed by atoms with E-state index in [-0.39, 0.29) is 53.7 Å². The molecule has 1 saturated heterocycles. The van der Waals surface area contributed by atoms with Crippen molar-refractivity contribution < 1.29 is 17.5 Å². The first-order chi connectivity index (χ1) is 14.0. The number of hydrogen-bond acceptors (Lipinski definition) is 4. The van der Waals surface area contributed by atoms with Crippen LogP contribution in [-0.4, -0.2) is 81.8 Å². The molecule has 0 aromatic heterocycles. The molecule has 0 saturated carbocycles. The van der Waals surface area contributed by atoms with E-state index >= 15 is 0 Å². The van der Waals surface area contributed by atoms with E-state index in [0.717, 1.165) is 11.5 Å². The molecule has 1 aromatic carbocycles. The molecule has 2 rings (SSSR count). The molecule has 1 aliphatic heterocycles. The Hall–Kier alpha value is -0.980. The largest absolute Gasteiger partial charge is 0.378 e. The van der Waals surface area contributed by atoms with Gasteiger partial charge in [-0.15, -0.1) is 24.0 Å². The van der Waals surface area contributed by atoms with Gasteiger partial charge in [0.05, 0.1) is 18.5 Å². The minimum Gasteiger partial charge on any atom is -0.378 e. The van der Waals surface area contributed by atoms with Gasteiger partial charge in [-0.3, -0.25) is 4.99 Å². The average molecular weight is 571 g/mol. The van der Waals surface area contributed by atoms with Gasteiger partial charge in [-0.05, 0) is 31.5 Å². The lowest BCUT2D eigenvalue weighted by Crippen LogP contribution is -2.55. The summed E-state index contributed by atoms with van der Waals surface area (Å²) in [6.07, 6.45) is 0.0167. The zero-order valence-corrected chi connectivity index (χ0v) is 22.2. The molecule has 10 heteroatoms. The lowest BCUT2D eigenvalue weighted by atomic mass is 9.84. The zero-order valence-electron chi connectivity index (χ0n) is 19.1. The summed E-state index contributed by atoms with van der Waals surface area (Å²) in [6.45, 7) is 10.6. The van der Waals surface area contributed by atoms with E-state index < -0.39 is 10.0 Å². The number of hydrogen-bond donors (Lipinski definition) is 1. The van der Waals surface area contributed by atoms with Gasteiger partial charge >= 0.3 is 0 Å². The molecule has 1 fully saturated rings. The van der Waals surface area contributed by atoms with Gasteiger partial charge in [0.2, 0.25) is 10.0 Å². The first kappa shape index (κ1) is 28.1. The van der Waals surface area contributed by atoms with Gasteiger partial charge in [0, 0.05) is 45.2 Å². The fourth-order valence-corrected chi connectivity index (χ4v) is 4.62. The number of sulfonamides is 1. The first-order valence-corrected chi connectivity index (χ1v) is 12.0. The van der Waals surface area contributed by atoms with Gasteiger partial charge in [0.25, 0.3) is 0 Å². The van der Waals surface area contributed by atoms with Crippen molar-refractivity contribution in [2.24, 2.45) is 4.99 Å². The Morgan fingerprint density at radius 1 is 1.26 bits per heavy atom. The van der Waals surface area contributed by atoms with E-state index in [4.69, 9.17) is 4.74 Å². The minimum atomic E-state index is -3.32. The van der Waals surface area contributed by atoms with Crippen LogP contribution < -0.4 is 5.32 Å². The van der Waals surface area contributed by atoms with Gasteiger partial charge in [-0.2, -0.15) is 4.31 Å². The van der Waals surface area contributed by atoms with Crippen LogP contribution >= 0.6 is 24.0 Å². The van der Waals surface area contributed by atoms with Crippen LogP contribution in [0.15, 0.2) is 29.3 Å². The Balaban J connectivity index is 0.00000480. The third-order valence-electron chi connectivity index (χ3n) is 5.23. The molecule has 1 aliphatic rings. The second-order valence-corrected chi connectivity index (χ2v) is 10.5. The van der Waals surface area contributed by atoms with Gasteiger partial charge in [0.1, 0.15) is 5.82 Å². The molecule has 0 aliphatic carbocycles. The summed E-state index contributed by atoms with van der Waals surface area (Å²) in [4.78, 5) is 6.41. The summed E-state index contributed by atoms with van der Waals surface area (Å²) in [6, 6.07) is 6.62. The Morgan fingerprint density at radius 3 is 2.45 bits per heavy atom. The van der Waals surface area contributed by atoms with Crippen molar-refractivity contribution in [1.29, 1.82) is 0 Å². The van der Waals surface area contributed by atoms with E-state index in [0.29, 0.717) is 32.7 Å². The second-order valence-electron chi connectivity index (χ2n) is 8.42. The maximum absolute atomic E-state index is 13.6. The number of guanidine groups is 1. The number of benzene rings is 1. The normalized spacial score (nSPS) is 16.4. The van der Waals surface area contributed by atoms with Gasteiger partial charge in [-0.25, -0.2) is 12.8 Å². The molecular weight excluding hydrogens is 534 g/mol. The third kappa shape index (κ3) is 8.47. The summed E-state index contributed by atoms with van der Waals surface area (Å²) in [5.41, 5.74) is 0.615. The first-order valence-electron chi connectivity index (χ1n) is 10.4. The van der Waals surface area contributed by atoms with Crippen LogP contribution in [0.1, 0.15) is 33.3 Å². The van der Waals surface area contributed by atoms with Crippen LogP contribution in [0.4, 0.5) is 4.39 Å². The van der Waals surface area contributed by atoms with Crippen LogP contribution in [0.5, 0.6) is 0 Å². The lowest BCUT2D eigenvalue weighted by Gasteiger charge is -2.37. The summed E-state index contributed by atoms with van der Waals surface area (Å²) < 4.78 is 45.5. The molecule has 0 bridgehead atoms. The highest BCUT2D eigenvalue weighted by Crippen LogP contribution is 2.23. The number of piperazine rings is 1. The Bertz CT molecular complexity index is 826.